The van der Waals surface area contributed by atoms with Gasteiger partial charge in [0.1, 0.15) is 5.52 Å². The number of hydrogen-bond donors (Lipinski definition) is 0. The molecule has 2 saturated heterocycles. The maximum Gasteiger partial charge on any atom is 0.416 e. The summed E-state index contributed by atoms with van der Waals surface area (Å²) in [6.07, 6.45) is -3.03. The first-order chi connectivity index (χ1) is 18.5. The third-order valence-electron chi connectivity index (χ3n) is 7.08. The number of likely N-dealkylation sites (N-methyl/N-ethyl adjacent to an activating group) is 1. The molecule has 12 heteroatoms. The third-order valence-corrected chi connectivity index (χ3v) is 7.08. The van der Waals surface area contributed by atoms with Crippen molar-refractivity contribution in [3.05, 3.63) is 70.5 Å². The second-order valence-corrected chi connectivity index (χ2v) is 9.71. The number of carbonyl (C=O) groups excluding carboxylic acids is 1. The number of nitrogens with zero attached hydrogens (tertiary/aromatic N) is 6. The summed E-state index contributed by atoms with van der Waals surface area (Å²) in [5.41, 5.74) is -0.0177. The van der Waals surface area contributed by atoms with Crippen molar-refractivity contribution in [1.82, 2.24) is 28.8 Å². The lowest BCUT2D eigenvalue weighted by molar-refractivity contribution is -0.137. The lowest BCUT2D eigenvalue weighted by Crippen LogP contribution is -2.52. The van der Waals surface area contributed by atoms with Crippen molar-refractivity contribution in [3.8, 4) is 17.5 Å². The summed E-state index contributed by atoms with van der Waals surface area (Å²) in [5.74, 6) is 4.37. The predicted molar refractivity (Wildman–Crippen MR) is 137 cm³/mol. The third kappa shape index (κ3) is 5.20. The molecule has 1 amide bonds. The van der Waals surface area contributed by atoms with Crippen LogP contribution >= 0.6 is 0 Å². The molecule has 2 aliphatic heterocycles. The predicted octanol–water partition coefficient (Wildman–Crippen LogP) is 2.67. The molecule has 4 heterocycles. The van der Waals surface area contributed by atoms with E-state index in [0.29, 0.717) is 17.6 Å². The van der Waals surface area contributed by atoms with Crippen LogP contribution < -0.4 is 5.69 Å². The number of hydrogen-bond acceptors (Lipinski definition) is 5. The normalized spacial score (nSPS) is 17.1. The molecule has 204 valence electrons. The number of carbonyl (C=O) groups is 1. The molecule has 0 atom stereocenters. The average molecular weight is 543 g/mol. The first-order valence-electron chi connectivity index (χ1n) is 12.4. The van der Waals surface area contributed by atoms with E-state index in [9.17, 15) is 27.2 Å². The van der Waals surface area contributed by atoms with Crippen molar-refractivity contribution in [1.29, 1.82) is 0 Å². The Morgan fingerprint density at radius 2 is 1.77 bits per heavy atom. The van der Waals surface area contributed by atoms with E-state index in [1.54, 1.807) is 6.07 Å². The highest BCUT2D eigenvalue weighted by Gasteiger charge is 2.37. The molecule has 8 nitrogen and oxygen atoms in total. The Bertz CT molecular complexity index is 1530. The Morgan fingerprint density at radius 1 is 1.10 bits per heavy atom. The van der Waals surface area contributed by atoms with Crippen LogP contribution in [0.5, 0.6) is 0 Å². The molecular formula is C27H26F4N6O2. The zero-order valence-electron chi connectivity index (χ0n) is 21.2. The van der Waals surface area contributed by atoms with Gasteiger partial charge in [-0.05, 0) is 37.4 Å². The molecule has 1 aromatic carbocycles. The van der Waals surface area contributed by atoms with Crippen LogP contribution in [0.2, 0.25) is 0 Å². The molecule has 2 aromatic heterocycles. The first kappa shape index (κ1) is 26.6. The Morgan fingerprint density at radius 3 is 2.38 bits per heavy atom. The topological polar surface area (TPSA) is 66.6 Å². The second-order valence-electron chi connectivity index (χ2n) is 9.71. The fourth-order valence-corrected chi connectivity index (χ4v) is 4.82. The van der Waals surface area contributed by atoms with E-state index in [1.165, 1.54) is 32.4 Å². The fourth-order valence-electron chi connectivity index (χ4n) is 4.82. The van der Waals surface area contributed by atoms with Gasteiger partial charge in [0.15, 0.2) is 11.5 Å². The summed E-state index contributed by atoms with van der Waals surface area (Å²) >= 11 is 0. The summed E-state index contributed by atoms with van der Waals surface area (Å²) in [5, 5.41) is 0. The van der Waals surface area contributed by atoms with Gasteiger partial charge >= 0.3 is 11.9 Å². The van der Waals surface area contributed by atoms with Gasteiger partial charge in [0.2, 0.25) is 0 Å². The van der Waals surface area contributed by atoms with Gasteiger partial charge in [-0.3, -0.25) is 14.3 Å². The molecule has 3 aromatic rings. The van der Waals surface area contributed by atoms with Crippen LogP contribution in [0.4, 0.5) is 17.6 Å². The molecule has 5 rings (SSSR count). The Kier molecular flexibility index (Phi) is 7.05. The first-order valence-corrected chi connectivity index (χ1v) is 12.4. The zero-order valence-corrected chi connectivity index (χ0v) is 21.2. The van der Waals surface area contributed by atoms with E-state index in [0.717, 1.165) is 38.3 Å². The van der Waals surface area contributed by atoms with E-state index in [-0.39, 0.29) is 24.4 Å². The minimum Gasteiger partial charge on any atom is -0.332 e. The standard InChI is InChI=1S/C27H26F4N6O2/c1-18(28)25(38)35-16-22(17-35)36-23-19(4-3-11-34-14-12-33(2)13-15-34)9-10-32-24(23)37(26(36)39)21-7-5-20(6-8-21)27(29,30)31/h5-10,22H,1,11-17H2,2H3. The zero-order chi connectivity index (χ0) is 27.9. The van der Waals surface area contributed by atoms with Gasteiger partial charge in [-0.15, -0.1) is 0 Å². The average Bonchev–Trinajstić information content (AvgIpc) is 3.16. The molecule has 2 fully saturated rings. The second kappa shape index (κ2) is 10.3. The van der Waals surface area contributed by atoms with Crippen molar-refractivity contribution in [3.63, 3.8) is 0 Å². The molecule has 0 unspecified atom stereocenters. The van der Waals surface area contributed by atoms with Gasteiger partial charge in [0.25, 0.3) is 5.91 Å². The van der Waals surface area contributed by atoms with Crippen LogP contribution in [0.25, 0.3) is 16.9 Å². The Balaban J connectivity index is 1.56. The number of halogens is 4. The minimum atomic E-state index is -4.52. The quantitative estimate of drug-likeness (QED) is 0.288. The van der Waals surface area contributed by atoms with Crippen molar-refractivity contribution in [2.24, 2.45) is 0 Å². The molecule has 0 spiro atoms. The van der Waals surface area contributed by atoms with Crippen molar-refractivity contribution >= 4 is 17.1 Å². The monoisotopic (exact) mass is 542 g/mol. The van der Waals surface area contributed by atoms with Gasteiger partial charge in [0.05, 0.1) is 29.4 Å². The number of benzene rings is 1. The highest BCUT2D eigenvalue weighted by Crippen LogP contribution is 2.31. The molecule has 0 saturated carbocycles. The summed E-state index contributed by atoms with van der Waals surface area (Å²) in [6, 6.07) is 5.41. The molecule has 0 bridgehead atoms. The largest absolute Gasteiger partial charge is 0.416 e. The maximum atomic E-state index is 13.7. The molecule has 0 N–H and O–H groups in total. The lowest BCUT2D eigenvalue weighted by Gasteiger charge is -2.39. The van der Waals surface area contributed by atoms with Crippen LogP contribution in [0.15, 0.2) is 53.7 Å². The highest BCUT2D eigenvalue weighted by atomic mass is 19.4. The molecule has 0 aliphatic carbocycles. The van der Waals surface area contributed by atoms with Gasteiger partial charge in [0, 0.05) is 45.5 Å². The van der Waals surface area contributed by atoms with Crippen LogP contribution in [-0.2, 0) is 11.0 Å². The number of fused-ring (bicyclic) bond motifs is 1. The number of imidazole rings is 1. The summed E-state index contributed by atoms with van der Waals surface area (Å²) in [6.45, 7) is 7.36. The highest BCUT2D eigenvalue weighted by molar-refractivity contribution is 5.91. The number of amides is 1. The number of aromatic nitrogens is 3. The van der Waals surface area contributed by atoms with E-state index in [4.69, 9.17) is 0 Å². The summed E-state index contributed by atoms with van der Waals surface area (Å²) in [4.78, 5) is 35.8. The van der Waals surface area contributed by atoms with Gasteiger partial charge in [-0.25, -0.2) is 18.7 Å². The smallest absolute Gasteiger partial charge is 0.332 e. The molecular weight excluding hydrogens is 516 g/mol. The molecule has 39 heavy (non-hydrogen) atoms. The van der Waals surface area contributed by atoms with Crippen LogP contribution in [-0.4, -0.2) is 87.6 Å². The number of alkyl halides is 3. The number of likely N-dealkylation sites (tertiary alicyclic amines) is 1. The van der Waals surface area contributed by atoms with Gasteiger partial charge in [-0.1, -0.05) is 18.4 Å². The molecule has 0 radical (unpaired) electrons. The number of pyridine rings is 1. The fraction of sp³-hybridized carbons (Fsp3) is 0.370. The van der Waals surface area contributed by atoms with E-state index in [1.807, 2.05) is 0 Å². The maximum absolute atomic E-state index is 13.7. The van der Waals surface area contributed by atoms with Crippen LogP contribution in [0, 0.1) is 11.8 Å². The van der Waals surface area contributed by atoms with E-state index in [2.05, 4.69) is 40.3 Å². The van der Waals surface area contributed by atoms with E-state index >= 15 is 0 Å². The van der Waals surface area contributed by atoms with Crippen LogP contribution in [0.3, 0.4) is 0 Å². The van der Waals surface area contributed by atoms with Gasteiger partial charge in [-0.2, -0.15) is 13.2 Å². The Hall–Kier alpha value is -3.95. The SMILES string of the molecule is C=C(F)C(=O)N1CC(n2c(=O)n(-c3ccc(C(F)(F)F)cc3)c3nccc(C#CCN4CCN(C)CC4)c32)C1. The van der Waals surface area contributed by atoms with Crippen molar-refractivity contribution in [2.75, 3.05) is 52.9 Å². The Labute approximate surface area is 221 Å². The van der Waals surface area contributed by atoms with Crippen LogP contribution in [0.1, 0.15) is 17.2 Å². The lowest BCUT2D eigenvalue weighted by atomic mass is 10.1. The summed E-state index contributed by atoms with van der Waals surface area (Å²) in [7, 11) is 2.07. The van der Waals surface area contributed by atoms with E-state index < -0.39 is 35.2 Å². The summed E-state index contributed by atoms with van der Waals surface area (Å²) < 4.78 is 55.5. The van der Waals surface area contributed by atoms with Gasteiger partial charge < -0.3 is 9.80 Å². The molecule has 2 aliphatic rings. The minimum absolute atomic E-state index is 0.0663. The number of piperazine rings is 1. The van der Waals surface area contributed by atoms with Crippen molar-refractivity contribution in [2.45, 2.75) is 12.2 Å². The number of rotatable bonds is 4. The van der Waals surface area contributed by atoms with Crippen molar-refractivity contribution < 1.29 is 22.4 Å².